The Labute approximate surface area is 256 Å². The van der Waals surface area contributed by atoms with Crippen LogP contribution in [0.4, 0.5) is 0 Å². The summed E-state index contributed by atoms with van der Waals surface area (Å²) in [6.45, 7) is 13.6. The van der Waals surface area contributed by atoms with Gasteiger partial charge in [0.1, 0.15) is 14.7 Å². The molecular formula is C25H68N12P4. The molecular weight excluding hydrogens is 592 g/mol. The van der Waals surface area contributed by atoms with E-state index in [0.717, 1.165) is 6.42 Å². The maximum absolute atomic E-state index is 5.96. The molecule has 0 aliphatic carbocycles. The summed E-state index contributed by atoms with van der Waals surface area (Å²) in [7, 11) is 21.5. The van der Waals surface area contributed by atoms with Gasteiger partial charge in [-0.05, 0) is 138 Å². The molecule has 0 fully saturated rings. The van der Waals surface area contributed by atoms with E-state index in [1.807, 2.05) is 7.05 Å². The minimum atomic E-state index is -3.16. The zero-order valence-electron chi connectivity index (χ0n) is 30.6. The van der Waals surface area contributed by atoms with Crippen LogP contribution in [0.5, 0.6) is 0 Å². The van der Waals surface area contributed by atoms with Crippen LogP contribution in [0.15, 0.2) is 18.3 Å². The van der Waals surface area contributed by atoms with Crippen LogP contribution in [-0.2, 0) is 0 Å². The topological polar surface area (TPSA) is 84.1 Å². The Morgan fingerprint density at radius 3 is 1.22 bits per heavy atom. The van der Waals surface area contributed by atoms with E-state index in [0.29, 0.717) is 6.29 Å². The molecule has 248 valence electrons. The molecule has 0 rings (SSSR count). The van der Waals surface area contributed by atoms with E-state index in [2.05, 4.69) is 178 Å². The lowest BCUT2D eigenvalue weighted by molar-refractivity contribution is 0.290. The van der Waals surface area contributed by atoms with E-state index in [9.17, 15) is 0 Å². The predicted octanol–water partition coefficient (Wildman–Crippen LogP) is 6.89. The molecule has 0 aliphatic rings. The van der Waals surface area contributed by atoms with Crippen LogP contribution in [0.25, 0.3) is 0 Å². The van der Waals surface area contributed by atoms with Crippen molar-refractivity contribution in [2.24, 2.45) is 23.7 Å². The molecule has 0 saturated heterocycles. The molecule has 1 N–H and O–H groups in total. The van der Waals surface area contributed by atoms with Gasteiger partial charge < -0.3 is 5.32 Å². The normalized spacial score (nSPS) is 16.0. The molecule has 12 nitrogen and oxygen atoms in total. The minimum Gasteiger partial charge on any atom is -0.312 e. The standard InChI is InChI=1S/C25H68N12P4/c1-24(2,3)22-25(4,5)27-40(28-38(21,31(7)8)32(9)10,29-39(23-26-6,33(11)12)34(13)14)30-41(35(15)16,36(17)18)37(19)20/h26H,22-23H2,1-21H3. The number of nitrogens with one attached hydrogen (secondary N) is 1. The zero-order chi connectivity index (χ0) is 33.0. The summed E-state index contributed by atoms with van der Waals surface area (Å²) in [5.41, 5.74) is -0.345. The molecule has 0 aromatic rings. The van der Waals surface area contributed by atoms with E-state index in [1.54, 1.807) is 0 Å². The smallest absolute Gasteiger partial charge is 0.304 e. The highest BCUT2D eigenvalue weighted by Crippen LogP contribution is 2.77. The highest BCUT2D eigenvalue weighted by atomic mass is 31.3. The van der Waals surface area contributed by atoms with Crippen LogP contribution in [0.1, 0.15) is 41.0 Å². The van der Waals surface area contributed by atoms with Gasteiger partial charge in [0.25, 0.3) is 0 Å². The Balaban J connectivity index is 9.33. The Morgan fingerprint density at radius 1 is 0.561 bits per heavy atom. The maximum atomic E-state index is 5.96. The number of rotatable bonds is 14. The lowest BCUT2D eigenvalue weighted by Crippen LogP contribution is -2.31. The molecule has 0 aromatic carbocycles. The van der Waals surface area contributed by atoms with Crippen molar-refractivity contribution in [2.45, 2.75) is 46.6 Å². The lowest BCUT2D eigenvalue weighted by atomic mass is 9.82. The third-order valence-electron chi connectivity index (χ3n) is 6.94. The van der Waals surface area contributed by atoms with Gasteiger partial charge >= 0.3 is 7.51 Å². The van der Waals surface area contributed by atoms with Crippen molar-refractivity contribution in [1.82, 2.24) is 38.0 Å². The molecule has 0 aliphatic heterocycles. The van der Waals surface area contributed by atoms with Crippen molar-refractivity contribution in [3.8, 4) is 0 Å². The van der Waals surface area contributed by atoms with E-state index in [-0.39, 0.29) is 5.41 Å². The quantitative estimate of drug-likeness (QED) is 0.202. The lowest BCUT2D eigenvalue weighted by Gasteiger charge is -2.44. The Kier molecular flexibility index (Phi) is 15.5. The maximum Gasteiger partial charge on any atom is 0.304 e. The molecule has 1 atom stereocenters. The van der Waals surface area contributed by atoms with Crippen molar-refractivity contribution in [3.05, 3.63) is 0 Å². The monoisotopic (exact) mass is 660 g/mol. The number of nitrogens with zero attached hydrogens (tertiary/aromatic N) is 11. The summed E-state index contributed by atoms with van der Waals surface area (Å²) < 4.78 is 39.4. The molecule has 0 heterocycles. The van der Waals surface area contributed by atoms with Crippen LogP contribution in [0.3, 0.4) is 0 Å². The summed E-state index contributed by atoms with van der Waals surface area (Å²) in [6.07, 6.45) is 1.59. The highest BCUT2D eigenvalue weighted by Gasteiger charge is 2.40. The van der Waals surface area contributed by atoms with Crippen molar-refractivity contribution in [1.29, 1.82) is 0 Å². The van der Waals surface area contributed by atoms with Crippen LogP contribution >= 0.6 is 29.7 Å². The van der Waals surface area contributed by atoms with Gasteiger partial charge in [-0.1, -0.05) is 20.8 Å². The third-order valence-corrected chi connectivity index (χ3v) is 23.6. The fourth-order valence-corrected chi connectivity index (χ4v) is 21.9. The van der Waals surface area contributed by atoms with Crippen molar-refractivity contribution >= 4 is 29.7 Å². The Bertz CT molecular complexity index is 1010. The van der Waals surface area contributed by atoms with Crippen LogP contribution < -0.4 is 5.32 Å². The van der Waals surface area contributed by atoms with Gasteiger partial charge in [0, 0.05) is 0 Å². The number of hydrogen-bond acceptors (Lipinski definition) is 2. The second-order valence-corrected chi connectivity index (χ2v) is 27.5. The fourth-order valence-electron chi connectivity index (χ4n) is 5.27. The Morgan fingerprint density at radius 2 is 0.951 bits per heavy atom. The van der Waals surface area contributed by atoms with Gasteiger partial charge in [-0.2, -0.15) is 13.5 Å². The highest BCUT2D eigenvalue weighted by molar-refractivity contribution is 7.81. The summed E-state index contributed by atoms with van der Waals surface area (Å²) in [5, 5.41) is 3.47. The first-order valence-electron chi connectivity index (χ1n) is 14.1. The van der Waals surface area contributed by atoms with Crippen LogP contribution in [-0.4, -0.2) is 157 Å². The fraction of sp³-hybridized carbons (Fsp3) is 1.00. The van der Waals surface area contributed by atoms with Crippen LogP contribution in [0, 0.1) is 5.41 Å². The molecule has 0 bridgehead atoms. The van der Waals surface area contributed by atoms with E-state index in [4.69, 9.17) is 18.3 Å². The van der Waals surface area contributed by atoms with Gasteiger partial charge in [-0.15, -0.1) is 0 Å². The molecule has 0 saturated carbocycles. The summed E-state index contributed by atoms with van der Waals surface area (Å²) in [5.74, 6) is 0. The summed E-state index contributed by atoms with van der Waals surface area (Å²) in [6, 6.07) is 0. The third kappa shape index (κ3) is 10.3. The van der Waals surface area contributed by atoms with Crippen molar-refractivity contribution < 1.29 is 0 Å². The second-order valence-electron chi connectivity index (χ2n) is 14.0. The van der Waals surface area contributed by atoms with Gasteiger partial charge in [0.05, 0.1) is 11.8 Å². The predicted molar refractivity (Wildman–Crippen MR) is 191 cm³/mol. The number of hydrogen-bond donors (Lipinski definition) is 1. The Hall–Kier alpha value is 0.600. The first kappa shape index (κ1) is 41.6. The molecule has 0 radical (unpaired) electrons. The SMILES string of the molecule is CNCP(=NP(=NC(C)(C)CC(C)(C)C)(N=P(C)(N(C)C)N(C)C)N=P(N(C)C)(N(C)C)N(C)C)(N(C)C)N(C)C. The van der Waals surface area contributed by atoms with Gasteiger partial charge in [0.15, 0.2) is 7.51 Å². The van der Waals surface area contributed by atoms with E-state index >= 15 is 0 Å². The summed E-state index contributed by atoms with van der Waals surface area (Å²) >= 11 is 0. The van der Waals surface area contributed by atoms with E-state index in [1.165, 1.54) is 0 Å². The van der Waals surface area contributed by atoms with Crippen molar-refractivity contribution in [2.75, 3.05) is 119 Å². The average molecular weight is 661 g/mol. The molecule has 1 unspecified atom stereocenters. The first-order chi connectivity index (χ1) is 18.2. The van der Waals surface area contributed by atoms with Crippen LogP contribution in [0.2, 0.25) is 0 Å². The molecule has 16 heteroatoms. The minimum absolute atomic E-state index is 0.0708. The molecule has 0 aromatic heterocycles. The second kappa shape index (κ2) is 15.3. The molecule has 0 spiro atoms. The molecule has 0 amide bonds. The van der Waals surface area contributed by atoms with Gasteiger partial charge in [-0.25, -0.2) is 4.74 Å². The van der Waals surface area contributed by atoms with Gasteiger partial charge in [-0.3, -0.25) is 32.7 Å². The summed E-state index contributed by atoms with van der Waals surface area (Å²) in [4.78, 5) is 0. The van der Waals surface area contributed by atoms with Crippen molar-refractivity contribution in [3.63, 3.8) is 0 Å². The van der Waals surface area contributed by atoms with E-state index < -0.39 is 35.3 Å². The first-order valence-corrected chi connectivity index (χ1v) is 21.2. The zero-order valence-corrected chi connectivity index (χ0v) is 34.2. The average Bonchev–Trinajstić information content (AvgIpc) is 2.73. The van der Waals surface area contributed by atoms with Gasteiger partial charge in [0.2, 0.25) is 0 Å². The largest absolute Gasteiger partial charge is 0.312 e. The molecule has 41 heavy (non-hydrogen) atoms.